The van der Waals surface area contributed by atoms with Gasteiger partial charge in [0.15, 0.2) is 11.6 Å². The van der Waals surface area contributed by atoms with E-state index in [-0.39, 0.29) is 5.75 Å². The number of aryl methyl sites for hydroxylation is 1. The summed E-state index contributed by atoms with van der Waals surface area (Å²) in [4.78, 5) is 0. The summed E-state index contributed by atoms with van der Waals surface area (Å²) in [6.07, 6.45) is 0. The highest BCUT2D eigenvalue weighted by Crippen LogP contribution is 2.19. The molecule has 3 heteroatoms. The van der Waals surface area contributed by atoms with Crippen LogP contribution in [0.1, 0.15) is 5.56 Å². The van der Waals surface area contributed by atoms with Crippen LogP contribution in [0.3, 0.4) is 0 Å². The molecule has 0 aromatic heterocycles. The fourth-order valence-electron chi connectivity index (χ4n) is 0.791. The maximum atomic E-state index is 12.9. The number of ether oxygens (including phenoxy) is 1. The van der Waals surface area contributed by atoms with Crippen molar-refractivity contribution in [3.63, 3.8) is 0 Å². The van der Waals surface area contributed by atoms with Gasteiger partial charge < -0.3 is 4.74 Å². The molecule has 0 N–H and O–H groups in total. The molecule has 11 heavy (non-hydrogen) atoms. The zero-order valence-electron chi connectivity index (χ0n) is 6.10. The third-order valence-corrected chi connectivity index (χ3v) is 1.37. The predicted molar refractivity (Wildman–Crippen MR) is 37.7 cm³/mol. The van der Waals surface area contributed by atoms with Crippen molar-refractivity contribution in [2.45, 2.75) is 6.92 Å². The van der Waals surface area contributed by atoms with E-state index in [0.29, 0.717) is 5.56 Å². The van der Waals surface area contributed by atoms with Crippen molar-refractivity contribution in [1.29, 1.82) is 0 Å². The molecule has 0 aliphatic heterocycles. The van der Waals surface area contributed by atoms with E-state index in [1.54, 1.807) is 19.1 Å². The lowest BCUT2D eigenvalue weighted by Gasteiger charge is -2.03. The van der Waals surface area contributed by atoms with Crippen LogP contribution in [0.15, 0.2) is 18.2 Å². The van der Waals surface area contributed by atoms with Crippen LogP contribution in [0.25, 0.3) is 0 Å². The molecule has 0 aliphatic carbocycles. The van der Waals surface area contributed by atoms with Gasteiger partial charge in [0.1, 0.15) is 0 Å². The zero-order valence-corrected chi connectivity index (χ0v) is 6.10. The van der Waals surface area contributed by atoms with Gasteiger partial charge >= 0.3 is 0 Å². The topological polar surface area (TPSA) is 9.23 Å². The molecule has 0 radical (unpaired) electrons. The van der Waals surface area contributed by atoms with Crippen LogP contribution < -0.4 is 4.74 Å². The van der Waals surface area contributed by atoms with Crippen molar-refractivity contribution >= 4 is 0 Å². The van der Waals surface area contributed by atoms with Gasteiger partial charge in [-0.3, -0.25) is 0 Å². The van der Waals surface area contributed by atoms with Crippen LogP contribution in [-0.2, 0) is 0 Å². The van der Waals surface area contributed by atoms with Gasteiger partial charge in [0.05, 0.1) is 0 Å². The summed E-state index contributed by atoms with van der Waals surface area (Å²) in [5.41, 5.74) is 0.455. The second kappa shape index (κ2) is 3.32. The van der Waals surface area contributed by atoms with Crippen LogP contribution in [0, 0.1) is 12.7 Å². The second-order valence-electron chi connectivity index (χ2n) is 2.14. The zero-order chi connectivity index (χ0) is 8.27. The Labute approximate surface area is 63.6 Å². The SMILES string of the molecule is Cc1cccc(OCF)c1F. The van der Waals surface area contributed by atoms with Crippen molar-refractivity contribution in [3.05, 3.63) is 29.6 Å². The van der Waals surface area contributed by atoms with Gasteiger partial charge in [0, 0.05) is 0 Å². The molecule has 0 aliphatic rings. The van der Waals surface area contributed by atoms with Gasteiger partial charge in [-0.15, -0.1) is 0 Å². The Bertz CT molecular complexity index is 248. The minimum atomic E-state index is -1.000. The largest absolute Gasteiger partial charge is 0.460 e. The second-order valence-corrected chi connectivity index (χ2v) is 2.14. The first-order chi connectivity index (χ1) is 5.25. The van der Waals surface area contributed by atoms with Gasteiger partial charge in [-0.05, 0) is 18.6 Å². The number of halogens is 2. The summed E-state index contributed by atoms with van der Waals surface area (Å²) in [6.45, 7) is 0.598. The molecule has 0 unspecified atom stereocenters. The molecule has 0 amide bonds. The van der Waals surface area contributed by atoms with Gasteiger partial charge in [0.2, 0.25) is 6.86 Å². The summed E-state index contributed by atoms with van der Waals surface area (Å²) >= 11 is 0. The highest BCUT2D eigenvalue weighted by molar-refractivity contribution is 5.29. The lowest BCUT2D eigenvalue weighted by Crippen LogP contribution is -1.94. The maximum Gasteiger partial charge on any atom is 0.228 e. The Morgan fingerprint density at radius 1 is 1.45 bits per heavy atom. The molecule has 0 saturated carbocycles. The van der Waals surface area contributed by atoms with E-state index in [1.807, 2.05) is 0 Å². The lowest BCUT2D eigenvalue weighted by atomic mass is 10.2. The van der Waals surface area contributed by atoms with Crippen LogP contribution in [0.5, 0.6) is 5.75 Å². The molecule has 0 saturated heterocycles. The molecular formula is C8H8F2O. The number of hydrogen-bond acceptors (Lipinski definition) is 1. The predicted octanol–water partition coefficient (Wildman–Crippen LogP) is 2.44. The molecule has 1 aromatic rings. The van der Waals surface area contributed by atoms with E-state index in [1.165, 1.54) is 6.07 Å². The van der Waals surface area contributed by atoms with Crippen LogP contribution in [-0.4, -0.2) is 6.86 Å². The molecular weight excluding hydrogens is 150 g/mol. The Balaban J connectivity index is 2.96. The molecule has 1 aromatic carbocycles. The van der Waals surface area contributed by atoms with E-state index in [9.17, 15) is 8.78 Å². The van der Waals surface area contributed by atoms with E-state index >= 15 is 0 Å². The number of rotatable bonds is 2. The fraction of sp³-hybridized carbons (Fsp3) is 0.250. The Kier molecular flexibility index (Phi) is 2.41. The van der Waals surface area contributed by atoms with Crippen LogP contribution in [0.4, 0.5) is 8.78 Å². The highest BCUT2D eigenvalue weighted by atomic mass is 19.1. The molecule has 1 rings (SSSR count). The third kappa shape index (κ3) is 1.67. The summed E-state index contributed by atoms with van der Waals surface area (Å²) in [7, 11) is 0. The first-order valence-electron chi connectivity index (χ1n) is 3.19. The molecule has 0 fully saturated rings. The monoisotopic (exact) mass is 158 g/mol. The summed E-state index contributed by atoms with van der Waals surface area (Å²) in [6, 6.07) is 4.60. The van der Waals surface area contributed by atoms with Crippen molar-refractivity contribution in [3.8, 4) is 5.75 Å². The lowest BCUT2D eigenvalue weighted by molar-refractivity contribution is 0.184. The summed E-state index contributed by atoms with van der Waals surface area (Å²) in [5, 5.41) is 0. The molecule has 60 valence electrons. The normalized spacial score (nSPS) is 9.73. The number of benzene rings is 1. The van der Waals surface area contributed by atoms with Crippen molar-refractivity contribution < 1.29 is 13.5 Å². The first kappa shape index (κ1) is 7.98. The molecule has 0 atom stereocenters. The first-order valence-corrected chi connectivity index (χ1v) is 3.19. The van der Waals surface area contributed by atoms with E-state index in [2.05, 4.69) is 4.74 Å². The van der Waals surface area contributed by atoms with Gasteiger partial charge in [-0.2, -0.15) is 0 Å². The van der Waals surface area contributed by atoms with Crippen LogP contribution in [0.2, 0.25) is 0 Å². The third-order valence-electron chi connectivity index (χ3n) is 1.37. The van der Waals surface area contributed by atoms with Crippen molar-refractivity contribution in [2.75, 3.05) is 6.86 Å². The minimum Gasteiger partial charge on any atom is -0.460 e. The number of hydrogen-bond donors (Lipinski definition) is 0. The van der Waals surface area contributed by atoms with Crippen LogP contribution >= 0.6 is 0 Å². The maximum absolute atomic E-state index is 12.9. The summed E-state index contributed by atoms with van der Waals surface area (Å²) < 4.78 is 28.9. The Hall–Kier alpha value is -1.12. The number of alkyl halides is 1. The Morgan fingerprint density at radius 2 is 2.18 bits per heavy atom. The van der Waals surface area contributed by atoms with Gasteiger partial charge in [0.25, 0.3) is 0 Å². The van der Waals surface area contributed by atoms with E-state index < -0.39 is 12.7 Å². The summed E-state index contributed by atoms with van der Waals surface area (Å²) in [5.74, 6) is -0.530. The van der Waals surface area contributed by atoms with Crippen molar-refractivity contribution in [1.82, 2.24) is 0 Å². The average Bonchev–Trinajstić information content (AvgIpc) is 1.99. The van der Waals surface area contributed by atoms with Gasteiger partial charge in [-0.25, -0.2) is 8.78 Å². The van der Waals surface area contributed by atoms with E-state index in [0.717, 1.165) is 0 Å². The van der Waals surface area contributed by atoms with Gasteiger partial charge in [-0.1, -0.05) is 12.1 Å². The molecule has 0 spiro atoms. The molecule has 0 bridgehead atoms. The van der Waals surface area contributed by atoms with E-state index in [4.69, 9.17) is 0 Å². The molecule has 1 nitrogen and oxygen atoms in total. The average molecular weight is 158 g/mol. The van der Waals surface area contributed by atoms with Crippen molar-refractivity contribution in [2.24, 2.45) is 0 Å². The minimum absolute atomic E-state index is 0.0347. The highest BCUT2D eigenvalue weighted by Gasteiger charge is 2.03. The molecule has 0 heterocycles. The Morgan fingerprint density at radius 3 is 2.82 bits per heavy atom. The quantitative estimate of drug-likeness (QED) is 0.642. The standard InChI is InChI=1S/C8H8F2O/c1-6-3-2-4-7(8(6)10)11-5-9/h2-4H,5H2,1H3. The fourth-order valence-corrected chi connectivity index (χ4v) is 0.791. The smallest absolute Gasteiger partial charge is 0.228 e.